The van der Waals surface area contributed by atoms with E-state index in [9.17, 15) is 4.79 Å². The summed E-state index contributed by atoms with van der Waals surface area (Å²) >= 11 is 0. The number of carbonyl (C=O) groups excluding carboxylic acids is 1. The van der Waals surface area contributed by atoms with Crippen LogP contribution in [0, 0.1) is 5.41 Å². The van der Waals surface area contributed by atoms with Gasteiger partial charge in [-0.2, -0.15) is 0 Å². The van der Waals surface area contributed by atoms with Gasteiger partial charge < -0.3 is 5.21 Å². The molecule has 10 heavy (non-hydrogen) atoms. The van der Waals surface area contributed by atoms with Gasteiger partial charge in [-0.1, -0.05) is 25.9 Å². The van der Waals surface area contributed by atoms with E-state index in [4.69, 9.17) is 5.21 Å². The molecule has 0 rings (SSSR count). The van der Waals surface area contributed by atoms with Gasteiger partial charge in [0.2, 0.25) is 0 Å². The first-order valence-electron chi connectivity index (χ1n) is 3.16. The van der Waals surface area contributed by atoms with Gasteiger partial charge in [0, 0.05) is 6.42 Å². The zero-order chi connectivity index (χ0) is 8.20. The quantitative estimate of drug-likeness (QED) is 0.361. The van der Waals surface area contributed by atoms with Crippen LogP contribution in [0.2, 0.25) is 0 Å². The Labute approximate surface area is 60.7 Å². The van der Waals surface area contributed by atoms with Crippen LogP contribution >= 0.6 is 0 Å². The number of hydrogen-bond donors (Lipinski definition) is 1. The standard InChI is InChI=1S/C7H13NO2/c1-7(2,3)4-6(9)5-8-10/h5,10H,4H2,1-3H3. The summed E-state index contributed by atoms with van der Waals surface area (Å²) in [7, 11) is 0. The van der Waals surface area contributed by atoms with E-state index in [1.54, 1.807) is 0 Å². The van der Waals surface area contributed by atoms with E-state index < -0.39 is 0 Å². The number of Topliss-reactive ketones (excluding diaryl/α,β-unsaturated/α-hetero) is 1. The molecule has 0 aliphatic rings. The molecule has 0 aliphatic heterocycles. The molecule has 0 amide bonds. The maximum Gasteiger partial charge on any atom is 0.177 e. The van der Waals surface area contributed by atoms with Crippen LogP contribution in [-0.4, -0.2) is 17.2 Å². The molecular formula is C7H13NO2. The lowest BCUT2D eigenvalue weighted by atomic mass is 9.90. The highest BCUT2D eigenvalue weighted by molar-refractivity contribution is 6.27. The van der Waals surface area contributed by atoms with Crippen LogP contribution < -0.4 is 0 Å². The Kier molecular flexibility index (Phi) is 3.06. The van der Waals surface area contributed by atoms with Crippen LogP contribution in [-0.2, 0) is 4.79 Å². The van der Waals surface area contributed by atoms with Crippen molar-refractivity contribution in [2.75, 3.05) is 0 Å². The molecule has 0 atom stereocenters. The Morgan fingerprint density at radius 1 is 1.60 bits per heavy atom. The lowest BCUT2D eigenvalue weighted by Gasteiger charge is -2.14. The molecule has 0 bridgehead atoms. The summed E-state index contributed by atoms with van der Waals surface area (Å²) in [6.45, 7) is 5.86. The molecule has 1 N–H and O–H groups in total. The molecule has 0 radical (unpaired) electrons. The van der Waals surface area contributed by atoms with Crippen LogP contribution in [0.5, 0.6) is 0 Å². The molecule has 0 saturated heterocycles. The summed E-state index contributed by atoms with van der Waals surface area (Å²) in [4.78, 5) is 10.7. The van der Waals surface area contributed by atoms with Gasteiger partial charge in [-0.3, -0.25) is 4.79 Å². The van der Waals surface area contributed by atoms with E-state index in [2.05, 4.69) is 5.16 Å². The minimum atomic E-state index is -0.144. The van der Waals surface area contributed by atoms with Crippen molar-refractivity contribution >= 4 is 12.0 Å². The number of ketones is 1. The summed E-state index contributed by atoms with van der Waals surface area (Å²) in [5.74, 6) is -0.144. The Bertz CT molecular complexity index is 144. The third-order valence-electron chi connectivity index (χ3n) is 0.906. The molecule has 0 aromatic rings. The first-order chi connectivity index (χ1) is 4.45. The number of rotatable bonds is 2. The molecule has 0 fully saturated rings. The second-order valence-electron chi connectivity index (χ2n) is 3.45. The first-order valence-corrected chi connectivity index (χ1v) is 3.16. The smallest absolute Gasteiger partial charge is 0.177 e. The summed E-state index contributed by atoms with van der Waals surface area (Å²) < 4.78 is 0. The van der Waals surface area contributed by atoms with E-state index in [0.717, 1.165) is 6.21 Å². The molecule has 3 heteroatoms. The van der Waals surface area contributed by atoms with Crippen molar-refractivity contribution in [3.63, 3.8) is 0 Å². The fraction of sp³-hybridized carbons (Fsp3) is 0.714. The second-order valence-corrected chi connectivity index (χ2v) is 3.45. The molecule has 0 heterocycles. The molecule has 0 spiro atoms. The van der Waals surface area contributed by atoms with E-state index in [0.29, 0.717) is 6.42 Å². The third kappa shape index (κ3) is 5.28. The molecular weight excluding hydrogens is 130 g/mol. The highest BCUT2D eigenvalue weighted by Gasteiger charge is 2.13. The van der Waals surface area contributed by atoms with Crippen LogP contribution in [0.1, 0.15) is 27.2 Å². The predicted octanol–water partition coefficient (Wildman–Crippen LogP) is 1.45. The molecule has 0 aromatic carbocycles. The van der Waals surface area contributed by atoms with E-state index in [-0.39, 0.29) is 11.2 Å². The van der Waals surface area contributed by atoms with Crippen molar-refractivity contribution in [2.45, 2.75) is 27.2 Å². The largest absolute Gasteiger partial charge is 0.411 e. The summed E-state index contributed by atoms with van der Waals surface area (Å²) in [6.07, 6.45) is 1.35. The lowest BCUT2D eigenvalue weighted by molar-refractivity contribution is -0.114. The maximum absolute atomic E-state index is 10.7. The molecule has 0 saturated carbocycles. The average molecular weight is 143 g/mol. The predicted molar refractivity (Wildman–Crippen MR) is 39.4 cm³/mol. The number of carbonyl (C=O) groups is 1. The monoisotopic (exact) mass is 143 g/mol. The number of oxime groups is 1. The van der Waals surface area contributed by atoms with Crippen molar-refractivity contribution in [3.05, 3.63) is 0 Å². The lowest BCUT2D eigenvalue weighted by Crippen LogP contribution is -2.13. The first kappa shape index (κ1) is 9.14. The fourth-order valence-electron chi connectivity index (χ4n) is 0.633. The highest BCUT2D eigenvalue weighted by Crippen LogP contribution is 2.17. The van der Waals surface area contributed by atoms with Crippen molar-refractivity contribution in [1.29, 1.82) is 0 Å². The van der Waals surface area contributed by atoms with E-state index in [1.807, 2.05) is 20.8 Å². The topological polar surface area (TPSA) is 49.7 Å². The van der Waals surface area contributed by atoms with Crippen LogP contribution in [0.3, 0.4) is 0 Å². The molecule has 0 aromatic heterocycles. The number of hydrogen-bond acceptors (Lipinski definition) is 3. The average Bonchev–Trinajstić information content (AvgIpc) is 1.59. The Morgan fingerprint density at radius 2 is 2.10 bits per heavy atom. The van der Waals surface area contributed by atoms with E-state index in [1.165, 1.54) is 0 Å². The van der Waals surface area contributed by atoms with Crippen molar-refractivity contribution < 1.29 is 10.0 Å². The molecule has 0 unspecified atom stereocenters. The zero-order valence-corrected chi connectivity index (χ0v) is 6.59. The number of nitrogens with zero attached hydrogens (tertiary/aromatic N) is 1. The van der Waals surface area contributed by atoms with Crippen molar-refractivity contribution in [2.24, 2.45) is 10.6 Å². The second kappa shape index (κ2) is 3.34. The minimum Gasteiger partial charge on any atom is -0.411 e. The van der Waals surface area contributed by atoms with Gasteiger partial charge >= 0.3 is 0 Å². The Balaban J connectivity index is 3.81. The molecule has 58 valence electrons. The summed E-state index contributed by atoms with van der Waals surface area (Å²) in [6, 6.07) is 0. The highest BCUT2D eigenvalue weighted by atomic mass is 16.4. The fourth-order valence-corrected chi connectivity index (χ4v) is 0.633. The van der Waals surface area contributed by atoms with Gasteiger partial charge in [0.1, 0.15) is 6.21 Å². The SMILES string of the molecule is CC(C)(C)CC(=O)C=NO. The molecule has 3 nitrogen and oxygen atoms in total. The van der Waals surface area contributed by atoms with Gasteiger partial charge in [-0.25, -0.2) is 0 Å². The van der Waals surface area contributed by atoms with Crippen molar-refractivity contribution in [3.8, 4) is 0 Å². The van der Waals surface area contributed by atoms with E-state index >= 15 is 0 Å². The Hall–Kier alpha value is -0.860. The maximum atomic E-state index is 10.7. The molecule has 0 aliphatic carbocycles. The van der Waals surface area contributed by atoms with Gasteiger partial charge in [0.05, 0.1) is 0 Å². The van der Waals surface area contributed by atoms with Gasteiger partial charge in [-0.05, 0) is 5.41 Å². The normalized spacial score (nSPS) is 12.3. The van der Waals surface area contributed by atoms with Crippen LogP contribution in [0.4, 0.5) is 0 Å². The third-order valence-corrected chi connectivity index (χ3v) is 0.906. The Morgan fingerprint density at radius 3 is 2.40 bits per heavy atom. The van der Waals surface area contributed by atoms with Gasteiger partial charge in [0.15, 0.2) is 5.78 Å². The van der Waals surface area contributed by atoms with Gasteiger partial charge in [-0.15, -0.1) is 0 Å². The van der Waals surface area contributed by atoms with Gasteiger partial charge in [0.25, 0.3) is 0 Å². The summed E-state index contributed by atoms with van der Waals surface area (Å²) in [5.41, 5.74) is -0.0295. The zero-order valence-electron chi connectivity index (χ0n) is 6.59. The van der Waals surface area contributed by atoms with Crippen LogP contribution in [0.25, 0.3) is 0 Å². The van der Waals surface area contributed by atoms with Crippen LogP contribution in [0.15, 0.2) is 5.16 Å². The summed E-state index contributed by atoms with van der Waals surface area (Å²) in [5, 5.41) is 10.6. The van der Waals surface area contributed by atoms with Crippen molar-refractivity contribution in [1.82, 2.24) is 0 Å². The minimum absolute atomic E-state index is 0.0295.